The first-order valence-corrected chi connectivity index (χ1v) is 3.93. The van der Waals surface area contributed by atoms with Crippen LogP contribution < -0.4 is 0 Å². The van der Waals surface area contributed by atoms with Crippen molar-refractivity contribution < 1.29 is 4.79 Å². The third kappa shape index (κ3) is 0.511. The van der Waals surface area contributed by atoms with Crippen LogP contribution in [0.1, 0.15) is 19.8 Å². The fourth-order valence-corrected chi connectivity index (χ4v) is 2.34. The molecule has 0 aliphatic heterocycles. The predicted octanol–water partition coefficient (Wildman–Crippen LogP) is 1.79. The second kappa shape index (κ2) is 1.71. The monoisotopic (exact) mass is 136 g/mol. The lowest BCUT2D eigenvalue weighted by Gasteiger charge is -2.47. The Bertz CT molecular complexity index is 197. The SMILES string of the molecule is C=C1CCC2C(=O)C1C2C. The molecular weight excluding hydrogens is 124 g/mol. The van der Waals surface area contributed by atoms with Crippen LogP contribution >= 0.6 is 0 Å². The van der Waals surface area contributed by atoms with E-state index in [1.165, 1.54) is 5.57 Å². The molecule has 0 spiro atoms. The number of hydrogen-bond acceptors (Lipinski definition) is 1. The van der Waals surface area contributed by atoms with Gasteiger partial charge >= 0.3 is 0 Å². The van der Waals surface area contributed by atoms with Crippen LogP contribution in [0.15, 0.2) is 12.2 Å². The standard InChI is InChI=1S/C9H12O/c1-5-3-4-7-6(2)8(5)9(7)10/h6-8H,1,3-4H2,2H3. The average Bonchev–Trinajstić information content (AvgIpc) is 1.88. The molecule has 3 unspecified atom stereocenters. The first-order valence-electron chi connectivity index (χ1n) is 3.93. The fraction of sp³-hybridized carbons (Fsp3) is 0.667. The van der Waals surface area contributed by atoms with Gasteiger partial charge in [0, 0.05) is 11.8 Å². The highest BCUT2D eigenvalue weighted by molar-refractivity contribution is 5.93. The lowest BCUT2D eigenvalue weighted by atomic mass is 9.55. The average molecular weight is 136 g/mol. The van der Waals surface area contributed by atoms with Crippen LogP contribution in [0.2, 0.25) is 0 Å². The van der Waals surface area contributed by atoms with Crippen molar-refractivity contribution in [3.05, 3.63) is 12.2 Å². The summed E-state index contributed by atoms with van der Waals surface area (Å²) in [5, 5.41) is 0. The zero-order valence-electron chi connectivity index (χ0n) is 6.26. The molecule has 3 aliphatic carbocycles. The van der Waals surface area contributed by atoms with Crippen molar-refractivity contribution >= 4 is 5.78 Å². The van der Waals surface area contributed by atoms with Crippen molar-refractivity contribution in [1.29, 1.82) is 0 Å². The van der Waals surface area contributed by atoms with E-state index in [4.69, 9.17) is 0 Å². The number of Topliss-reactive ketones (excluding diaryl/α,β-unsaturated/α-hetero) is 1. The lowest BCUT2D eigenvalue weighted by molar-refractivity contribution is -0.142. The number of rotatable bonds is 0. The molecule has 0 radical (unpaired) electrons. The van der Waals surface area contributed by atoms with Crippen molar-refractivity contribution in [1.82, 2.24) is 0 Å². The van der Waals surface area contributed by atoms with Crippen molar-refractivity contribution in [2.45, 2.75) is 19.8 Å². The molecule has 3 aliphatic rings. The van der Waals surface area contributed by atoms with E-state index < -0.39 is 0 Å². The zero-order chi connectivity index (χ0) is 7.30. The van der Waals surface area contributed by atoms with Crippen LogP contribution in [0, 0.1) is 17.8 Å². The number of carbonyl (C=O) groups is 1. The number of ketones is 1. The number of fused-ring (bicyclic) bond motifs is 2. The summed E-state index contributed by atoms with van der Waals surface area (Å²) in [5.41, 5.74) is 1.18. The van der Waals surface area contributed by atoms with Gasteiger partial charge in [-0.1, -0.05) is 19.1 Å². The Morgan fingerprint density at radius 1 is 1.60 bits per heavy atom. The molecule has 0 N–H and O–H groups in total. The third-order valence-electron chi connectivity index (χ3n) is 3.05. The largest absolute Gasteiger partial charge is 0.299 e. The summed E-state index contributed by atoms with van der Waals surface area (Å²) in [5.74, 6) is 1.71. The topological polar surface area (TPSA) is 17.1 Å². The fourth-order valence-electron chi connectivity index (χ4n) is 2.34. The Morgan fingerprint density at radius 3 is 2.60 bits per heavy atom. The van der Waals surface area contributed by atoms with Gasteiger partial charge in [-0.2, -0.15) is 0 Å². The highest BCUT2D eigenvalue weighted by Crippen LogP contribution is 2.49. The summed E-state index contributed by atoms with van der Waals surface area (Å²) in [6.45, 7) is 6.08. The summed E-state index contributed by atoms with van der Waals surface area (Å²) in [6, 6.07) is 0. The maximum atomic E-state index is 11.2. The second-order valence-electron chi connectivity index (χ2n) is 3.54. The number of allylic oxidation sites excluding steroid dienone is 1. The Kier molecular flexibility index (Phi) is 1.05. The Morgan fingerprint density at radius 2 is 2.30 bits per heavy atom. The lowest BCUT2D eigenvalue weighted by Crippen LogP contribution is -2.50. The predicted molar refractivity (Wildman–Crippen MR) is 39.5 cm³/mol. The minimum atomic E-state index is 0.249. The summed E-state index contributed by atoms with van der Waals surface area (Å²) < 4.78 is 0. The first kappa shape index (κ1) is 6.14. The molecule has 0 aromatic heterocycles. The van der Waals surface area contributed by atoms with Crippen molar-refractivity contribution in [3.8, 4) is 0 Å². The van der Waals surface area contributed by atoms with E-state index in [0.717, 1.165) is 12.8 Å². The van der Waals surface area contributed by atoms with Gasteiger partial charge in [-0.05, 0) is 18.8 Å². The molecule has 3 saturated carbocycles. The Balaban J connectivity index is 2.27. The van der Waals surface area contributed by atoms with Gasteiger partial charge < -0.3 is 0 Å². The van der Waals surface area contributed by atoms with E-state index in [1.807, 2.05) is 0 Å². The van der Waals surface area contributed by atoms with Gasteiger partial charge in [-0.3, -0.25) is 4.79 Å². The van der Waals surface area contributed by atoms with E-state index in [2.05, 4.69) is 13.5 Å². The molecule has 10 heavy (non-hydrogen) atoms. The van der Waals surface area contributed by atoms with Crippen LogP contribution in [-0.2, 0) is 4.79 Å². The van der Waals surface area contributed by atoms with Crippen LogP contribution in [0.4, 0.5) is 0 Å². The Hall–Kier alpha value is -0.590. The zero-order valence-corrected chi connectivity index (χ0v) is 6.26. The molecule has 0 heterocycles. The first-order chi connectivity index (χ1) is 4.72. The van der Waals surface area contributed by atoms with Gasteiger partial charge in [0.15, 0.2) is 0 Å². The van der Waals surface area contributed by atoms with Crippen LogP contribution in [0.25, 0.3) is 0 Å². The number of hydrogen-bond donors (Lipinski definition) is 0. The van der Waals surface area contributed by atoms with Crippen molar-refractivity contribution in [2.75, 3.05) is 0 Å². The quantitative estimate of drug-likeness (QED) is 0.464. The molecule has 3 atom stereocenters. The molecule has 1 nitrogen and oxygen atoms in total. The van der Waals surface area contributed by atoms with Gasteiger partial charge in [0.05, 0.1) is 0 Å². The molecule has 2 bridgehead atoms. The van der Waals surface area contributed by atoms with Crippen molar-refractivity contribution in [3.63, 3.8) is 0 Å². The van der Waals surface area contributed by atoms with Crippen LogP contribution in [0.5, 0.6) is 0 Å². The van der Waals surface area contributed by atoms with Crippen LogP contribution in [-0.4, -0.2) is 5.78 Å². The highest BCUT2D eigenvalue weighted by atomic mass is 16.1. The molecule has 3 rings (SSSR count). The molecule has 0 saturated heterocycles. The molecule has 0 amide bonds. The number of carbonyl (C=O) groups excluding carboxylic acids is 1. The summed E-state index contributed by atoms with van der Waals surface area (Å²) >= 11 is 0. The van der Waals surface area contributed by atoms with Crippen LogP contribution in [0.3, 0.4) is 0 Å². The minimum Gasteiger partial charge on any atom is -0.299 e. The molecule has 1 heteroatoms. The highest BCUT2D eigenvalue weighted by Gasteiger charge is 2.50. The van der Waals surface area contributed by atoms with E-state index in [9.17, 15) is 4.79 Å². The van der Waals surface area contributed by atoms with Gasteiger partial charge in [-0.25, -0.2) is 0 Å². The van der Waals surface area contributed by atoms with E-state index in [0.29, 0.717) is 17.6 Å². The van der Waals surface area contributed by atoms with Gasteiger partial charge in [0.1, 0.15) is 5.78 Å². The molecule has 0 aromatic carbocycles. The summed E-state index contributed by atoms with van der Waals surface area (Å²) in [4.78, 5) is 11.2. The van der Waals surface area contributed by atoms with Crippen molar-refractivity contribution in [2.24, 2.45) is 17.8 Å². The molecule has 0 aromatic rings. The van der Waals surface area contributed by atoms with E-state index in [1.54, 1.807) is 0 Å². The maximum Gasteiger partial charge on any atom is 0.143 e. The summed E-state index contributed by atoms with van der Waals surface area (Å²) in [7, 11) is 0. The molecule has 54 valence electrons. The van der Waals surface area contributed by atoms with Gasteiger partial charge in [0.25, 0.3) is 0 Å². The minimum absolute atomic E-state index is 0.249. The third-order valence-corrected chi connectivity index (χ3v) is 3.05. The van der Waals surface area contributed by atoms with Gasteiger partial charge in [0.2, 0.25) is 0 Å². The molecular formula is C9H12O. The maximum absolute atomic E-state index is 11.2. The normalized spacial score (nSPS) is 45.1. The summed E-state index contributed by atoms with van der Waals surface area (Å²) in [6.07, 6.45) is 2.15. The Labute approximate surface area is 61.1 Å². The van der Waals surface area contributed by atoms with E-state index >= 15 is 0 Å². The molecule has 3 fully saturated rings. The van der Waals surface area contributed by atoms with E-state index in [-0.39, 0.29) is 5.92 Å². The van der Waals surface area contributed by atoms with Gasteiger partial charge in [-0.15, -0.1) is 0 Å². The second-order valence-corrected chi connectivity index (χ2v) is 3.54. The smallest absolute Gasteiger partial charge is 0.143 e.